The van der Waals surface area contributed by atoms with Gasteiger partial charge < -0.3 is 18.2 Å². The molecule has 0 amide bonds. The van der Waals surface area contributed by atoms with Gasteiger partial charge in [-0.05, 0) is 185 Å². The summed E-state index contributed by atoms with van der Waals surface area (Å²) in [5.74, 6) is 3.94. The van der Waals surface area contributed by atoms with E-state index in [0.29, 0.717) is 34.9 Å². The largest absolute Gasteiger partial charge is 0.456 e. The van der Waals surface area contributed by atoms with Crippen molar-refractivity contribution in [2.24, 2.45) is 0 Å². The molecule has 0 atom stereocenters. The number of anilines is 3. The highest BCUT2D eigenvalue weighted by Crippen LogP contribution is 2.62. The number of para-hydroxylation sites is 5. The fourth-order valence-corrected chi connectivity index (χ4v) is 21.4. The maximum absolute atomic E-state index is 6.60. The van der Waals surface area contributed by atoms with Crippen LogP contribution in [0.1, 0.15) is 116 Å². The molecular formula is C126H101N7O3. The number of hydrogen-bond donors (Lipinski definition) is 0. The van der Waals surface area contributed by atoms with Crippen molar-refractivity contribution in [2.75, 3.05) is 4.90 Å². The molecule has 0 saturated heterocycles. The lowest BCUT2D eigenvalue weighted by Crippen LogP contribution is -2.43. The summed E-state index contributed by atoms with van der Waals surface area (Å²) in [5.41, 5.74) is 34.3. The average Bonchev–Trinajstić information content (AvgIpc) is 1.61. The van der Waals surface area contributed by atoms with Gasteiger partial charge in [-0.25, -0.2) is 29.9 Å². The summed E-state index contributed by atoms with van der Waals surface area (Å²) in [6.07, 6.45) is 0. The van der Waals surface area contributed by atoms with Crippen LogP contribution in [-0.4, -0.2) is 29.9 Å². The first-order valence-corrected chi connectivity index (χ1v) is 47.1. The number of aromatic nitrogens is 6. The third-order valence-corrected chi connectivity index (χ3v) is 30.7. The van der Waals surface area contributed by atoms with Crippen LogP contribution in [0.15, 0.2) is 408 Å². The van der Waals surface area contributed by atoms with Crippen molar-refractivity contribution >= 4 is 82.9 Å². The molecule has 10 heteroatoms. The number of nitrogens with zero attached hydrogens (tertiary/aromatic N) is 7. The number of furan rings is 3. The molecule has 0 saturated carbocycles. The van der Waals surface area contributed by atoms with Crippen LogP contribution in [0.25, 0.3) is 190 Å². The van der Waals surface area contributed by atoms with Crippen LogP contribution in [0.5, 0.6) is 0 Å². The predicted octanol–water partition coefficient (Wildman–Crippen LogP) is 33.6. The zero-order valence-corrected chi connectivity index (χ0v) is 78.4. The standard InChI is InChI=1S/2C45H35N3O.C36H31NO/c1-44(2)37-27-31(22-23-33(37)35-24-25-36-34-20-11-12-21-38(34)49-40(36)39(35)45(44,3)4)30-18-13-19-32(26-30)43-47-41(28-14-7-5-8-15-28)46-42(48-43)29-16-9-6-10-17-29;1-44(2)37-27-32(23-24-33(37)35-25-26-36-34-17-11-12-18-38(34)49-40(36)39(35)45(44,3)4)28-19-21-31(22-20-28)43-47-41(29-13-7-5-8-14-29)46-42(48-43)30-15-9-6-10-16-30;1-35(2)30-23-26(37(24-13-7-5-8-14-24)25-15-9-6-10-16-25)19-20-27(30)28-21-22-32-33(34(28)36(35,3)4)29-17-11-12-18-31(29)38-32/h2*5-27H,1-4H3;5-23H,1-4H3. The van der Waals surface area contributed by atoms with Crippen LogP contribution in [0.2, 0.25) is 0 Å². The van der Waals surface area contributed by atoms with Crippen LogP contribution in [-0.2, 0) is 32.5 Å². The lowest BCUT2D eigenvalue weighted by atomic mass is 9.55. The Morgan fingerprint density at radius 2 is 0.478 bits per heavy atom. The fourth-order valence-electron chi connectivity index (χ4n) is 21.4. The van der Waals surface area contributed by atoms with Crippen molar-refractivity contribution in [3.8, 4) is 124 Å². The summed E-state index contributed by atoms with van der Waals surface area (Å²) >= 11 is 0. The molecule has 0 radical (unpaired) electrons. The molecule has 0 aliphatic heterocycles. The van der Waals surface area contributed by atoms with Crippen molar-refractivity contribution in [3.05, 3.63) is 428 Å². The van der Waals surface area contributed by atoms with Crippen molar-refractivity contribution in [1.82, 2.24) is 29.9 Å². The summed E-state index contributed by atoms with van der Waals surface area (Å²) in [6.45, 7) is 28.5. The second-order valence-corrected chi connectivity index (χ2v) is 39.6. The highest BCUT2D eigenvalue weighted by Gasteiger charge is 2.51. The minimum absolute atomic E-state index is 0.128. The number of fused-ring (bicyclic) bond motifs is 21. The van der Waals surface area contributed by atoms with E-state index in [4.69, 9.17) is 43.2 Å². The quantitative estimate of drug-likeness (QED) is 0.124. The second-order valence-electron chi connectivity index (χ2n) is 39.6. The van der Waals surface area contributed by atoms with E-state index in [1.807, 2.05) is 140 Å². The summed E-state index contributed by atoms with van der Waals surface area (Å²) in [4.78, 5) is 31.9. The van der Waals surface area contributed by atoms with E-state index in [-0.39, 0.29) is 32.5 Å². The Morgan fingerprint density at radius 1 is 0.184 bits per heavy atom. The molecule has 3 aliphatic carbocycles. The van der Waals surface area contributed by atoms with Gasteiger partial charge in [-0.3, -0.25) is 0 Å². The molecule has 0 unspecified atom stereocenters. The molecule has 5 aromatic heterocycles. The predicted molar refractivity (Wildman–Crippen MR) is 561 cm³/mol. The van der Waals surface area contributed by atoms with Gasteiger partial charge in [0.15, 0.2) is 34.9 Å². The zero-order valence-electron chi connectivity index (χ0n) is 78.4. The highest BCUT2D eigenvalue weighted by molar-refractivity contribution is 6.12. The van der Waals surface area contributed by atoms with Crippen LogP contribution >= 0.6 is 0 Å². The summed E-state index contributed by atoms with van der Waals surface area (Å²) in [7, 11) is 0. The van der Waals surface area contributed by atoms with Gasteiger partial charge in [-0.1, -0.05) is 386 Å². The molecule has 0 bridgehead atoms. The van der Waals surface area contributed by atoms with Crippen LogP contribution in [0, 0.1) is 0 Å². The van der Waals surface area contributed by atoms with Crippen LogP contribution < -0.4 is 4.90 Å². The second kappa shape index (κ2) is 32.4. The Labute approximate surface area is 792 Å². The molecule has 0 N–H and O–H groups in total. The minimum atomic E-state index is -0.199. The Bertz CT molecular complexity index is 8290. The Hall–Kier alpha value is -16.0. The highest BCUT2D eigenvalue weighted by atomic mass is 16.3. The third-order valence-electron chi connectivity index (χ3n) is 30.7. The lowest BCUT2D eigenvalue weighted by molar-refractivity contribution is 0.299. The summed E-state index contributed by atoms with van der Waals surface area (Å²) in [6, 6.07) is 138. The maximum atomic E-state index is 6.60. The van der Waals surface area contributed by atoms with Gasteiger partial charge in [-0.2, -0.15) is 0 Å². The molecule has 5 heterocycles. The first-order chi connectivity index (χ1) is 66.0. The van der Waals surface area contributed by atoms with Crippen LogP contribution in [0.3, 0.4) is 0 Å². The molecule has 25 rings (SSSR count). The molecule has 22 aromatic rings. The van der Waals surface area contributed by atoms with Crippen molar-refractivity contribution < 1.29 is 13.3 Å². The van der Waals surface area contributed by atoms with E-state index in [1.54, 1.807) is 0 Å². The fraction of sp³-hybridized carbons (Fsp3) is 0.143. The van der Waals surface area contributed by atoms with Crippen molar-refractivity contribution in [1.29, 1.82) is 0 Å². The molecular weight excluding hydrogens is 1660 g/mol. The first kappa shape index (κ1) is 84.2. The normalized spacial score (nSPS) is 14.7. The molecule has 0 spiro atoms. The van der Waals surface area contributed by atoms with E-state index < -0.39 is 0 Å². The summed E-state index contributed by atoms with van der Waals surface area (Å²) in [5, 5.41) is 7.15. The Morgan fingerprint density at radius 3 is 0.912 bits per heavy atom. The minimum Gasteiger partial charge on any atom is -0.456 e. The topological polar surface area (TPSA) is 120 Å². The lowest BCUT2D eigenvalue weighted by Gasteiger charge is -2.49. The van der Waals surface area contributed by atoms with Gasteiger partial charge in [0.25, 0.3) is 0 Å². The third kappa shape index (κ3) is 13.8. The molecule has 17 aromatic carbocycles. The van der Waals surface area contributed by atoms with Gasteiger partial charge in [0.2, 0.25) is 0 Å². The maximum Gasteiger partial charge on any atom is 0.164 e. The van der Waals surface area contributed by atoms with E-state index in [9.17, 15) is 0 Å². The summed E-state index contributed by atoms with van der Waals surface area (Å²) < 4.78 is 19.5. The zero-order chi connectivity index (χ0) is 92.7. The number of hydrogen-bond acceptors (Lipinski definition) is 10. The van der Waals surface area contributed by atoms with E-state index in [0.717, 1.165) is 89.4 Å². The SMILES string of the molecule is CC1(C)c2cc(-c3ccc(-c4nc(-c5ccccc5)nc(-c5ccccc5)n4)cc3)ccc2-c2ccc3c(oc4ccccc43)c2C1(C)C.CC1(C)c2cc(-c3cccc(-c4nc(-c5ccccc5)nc(-c5ccccc5)n4)c3)ccc2-c2ccc3c(oc4ccccc43)c2C1(C)C.CC1(C)c2cc(N(c3ccccc3)c3ccccc3)ccc2-c2ccc3oc4ccccc4c3c2C1(C)C. The molecule has 0 fully saturated rings. The van der Waals surface area contributed by atoms with Crippen LogP contribution in [0.4, 0.5) is 17.1 Å². The molecule has 658 valence electrons. The molecule has 10 nitrogen and oxygen atoms in total. The monoisotopic (exact) mass is 1760 g/mol. The van der Waals surface area contributed by atoms with Crippen molar-refractivity contribution in [3.63, 3.8) is 0 Å². The Balaban J connectivity index is 0.000000116. The van der Waals surface area contributed by atoms with Gasteiger partial charge in [-0.15, -0.1) is 0 Å². The van der Waals surface area contributed by atoms with Gasteiger partial charge in [0, 0.05) is 110 Å². The van der Waals surface area contributed by atoms with Gasteiger partial charge >= 0.3 is 0 Å². The number of rotatable bonds is 11. The first-order valence-electron chi connectivity index (χ1n) is 47.1. The van der Waals surface area contributed by atoms with Gasteiger partial charge in [0.05, 0.1) is 0 Å². The van der Waals surface area contributed by atoms with Crippen molar-refractivity contribution in [2.45, 2.75) is 116 Å². The van der Waals surface area contributed by atoms with E-state index in [1.165, 1.54) is 116 Å². The molecule has 3 aliphatic rings. The Kier molecular flexibility index (Phi) is 20.1. The van der Waals surface area contributed by atoms with E-state index >= 15 is 0 Å². The molecule has 136 heavy (non-hydrogen) atoms. The van der Waals surface area contributed by atoms with Gasteiger partial charge in [0.1, 0.15) is 33.5 Å². The number of benzene rings is 17. The average molecular weight is 1760 g/mol. The van der Waals surface area contributed by atoms with E-state index in [2.05, 4.69) is 343 Å². The smallest absolute Gasteiger partial charge is 0.164 e.